The Labute approximate surface area is 171 Å². The Bertz CT molecular complexity index is 774. The second-order valence-electron chi connectivity index (χ2n) is 8.56. The average Bonchev–Trinajstić information content (AvgIpc) is 2.87. The van der Waals surface area contributed by atoms with Crippen molar-refractivity contribution >= 4 is 29.3 Å². The van der Waals surface area contributed by atoms with Crippen molar-refractivity contribution in [1.82, 2.24) is 14.7 Å². The zero-order chi connectivity index (χ0) is 20.5. The van der Waals surface area contributed by atoms with Gasteiger partial charge in [-0.2, -0.15) is 0 Å². The van der Waals surface area contributed by atoms with Crippen LogP contribution in [0.3, 0.4) is 0 Å². The summed E-state index contributed by atoms with van der Waals surface area (Å²) in [7, 11) is 0. The summed E-state index contributed by atoms with van der Waals surface area (Å²) in [6, 6.07) is 6.93. The highest BCUT2D eigenvalue weighted by Crippen LogP contribution is 2.27. The van der Waals surface area contributed by atoms with Crippen LogP contribution in [0.5, 0.6) is 0 Å². The topological polar surface area (TPSA) is 60.9 Å². The summed E-state index contributed by atoms with van der Waals surface area (Å²) in [6.07, 6.45) is 0.999. The third kappa shape index (κ3) is 4.49. The molecule has 0 spiro atoms. The van der Waals surface area contributed by atoms with E-state index in [0.717, 1.165) is 6.42 Å². The molecule has 1 atom stereocenters. The minimum atomic E-state index is -0.290. The Balaban J connectivity index is 1.61. The van der Waals surface area contributed by atoms with E-state index >= 15 is 0 Å². The summed E-state index contributed by atoms with van der Waals surface area (Å²) in [5.74, 6) is -0.288. The van der Waals surface area contributed by atoms with E-state index in [-0.39, 0.29) is 35.6 Å². The van der Waals surface area contributed by atoms with E-state index in [1.165, 1.54) is 0 Å². The molecule has 0 aromatic heterocycles. The molecule has 2 aliphatic rings. The molecule has 7 heteroatoms. The molecule has 6 nitrogen and oxygen atoms in total. The molecule has 2 fully saturated rings. The lowest BCUT2D eigenvalue weighted by molar-refractivity contribution is -0.135. The molecule has 2 aliphatic heterocycles. The van der Waals surface area contributed by atoms with Gasteiger partial charge in [-0.05, 0) is 45.4 Å². The van der Waals surface area contributed by atoms with Crippen molar-refractivity contribution in [2.45, 2.75) is 39.2 Å². The van der Waals surface area contributed by atoms with Crippen molar-refractivity contribution in [2.75, 3.05) is 32.7 Å². The number of rotatable bonds is 2. The summed E-state index contributed by atoms with van der Waals surface area (Å²) in [5, 5.41) is 0.534. The average molecular weight is 406 g/mol. The van der Waals surface area contributed by atoms with Crippen LogP contribution in [0.25, 0.3) is 0 Å². The summed E-state index contributed by atoms with van der Waals surface area (Å²) < 4.78 is 0. The van der Waals surface area contributed by atoms with Crippen LogP contribution in [0, 0.1) is 5.92 Å². The molecule has 0 N–H and O–H groups in total. The molecule has 2 saturated heterocycles. The Morgan fingerprint density at radius 1 is 1.07 bits per heavy atom. The van der Waals surface area contributed by atoms with Crippen molar-refractivity contribution in [3.8, 4) is 0 Å². The van der Waals surface area contributed by atoms with Gasteiger partial charge in [-0.25, -0.2) is 0 Å². The van der Waals surface area contributed by atoms with Gasteiger partial charge in [0, 0.05) is 55.3 Å². The maximum absolute atomic E-state index is 13.0. The smallest absolute Gasteiger partial charge is 0.253 e. The van der Waals surface area contributed by atoms with E-state index < -0.39 is 0 Å². The highest BCUT2D eigenvalue weighted by molar-refractivity contribution is 6.30. The second kappa shape index (κ2) is 8.11. The van der Waals surface area contributed by atoms with Crippen LogP contribution < -0.4 is 0 Å². The zero-order valence-electron chi connectivity index (χ0n) is 16.8. The van der Waals surface area contributed by atoms with E-state index in [4.69, 9.17) is 11.6 Å². The number of hydrogen-bond acceptors (Lipinski definition) is 3. The molecule has 1 aromatic carbocycles. The SMILES string of the molecule is CC(C)(C)N1CC(C(=O)N2CCCN(C(=O)c3cccc(Cl)c3)CC2)CC1=O. The third-order valence-corrected chi connectivity index (χ3v) is 5.69. The molecule has 1 unspecified atom stereocenters. The zero-order valence-corrected chi connectivity index (χ0v) is 17.5. The van der Waals surface area contributed by atoms with Gasteiger partial charge in [-0.15, -0.1) is 0 Å². The summed E-state index contributed by atoms with van der Waals surface area (Å²) in [5.41, 5.74) is 0.292. The summed E-state index contributed by atoms with van der Waals surface area (Å²) in [6.45, 7) is 8.63. The number of carbonyl (C=O) groups excluding carboxylic acids is 3. The van der Waals surface area contributed by atoms with Crippen molar-refractivity contribution in [2.24, 2.45) is 5.92 Å². The Morgan fingerprint density at radius 2 is 1.75 bits per heavy atom. The van der Waals surface area contributed by atoms with Gasteiger partial charge in [0.05, 0.1) is 5.92 Å². The van der Waals surface area contributed by atoms with Gasteiger partial charge in [0.1, 0.15) is 0 Å². The molecule has 0 bridgehead atoms. The molecule has 1 aromatic rings. The first-order valence-electron chi connectivity index (χ1n) is 9.81. The van der Waals surface area contributed by atoms with E-state index in [0.29, 0.717) is 43.3 Å². The van der Waals surface area contributed by atoms with Crippen LogP contribution in [0.1, 0.15) is 44.0 Å². The van der Waals surface area contributed by atoms with Gasteiger partial charge in [0.2, 0.25) is 11.8 Å². The first-order chi connectivity index (χ1) is 13.2. The molecule has 0 aliphatic carbocycles. The predicted octanol–water partition coefficient (Wildman–Crippen LogP) is 2.66. The molecule has 3 rings (SSSR count). The maximum Gasteiger partial charge on any atom is 0.253 e. The molecular formula is C21H28ClN3O3. The monoisotopic (exact) mass is 405 g/mol. The second-order valence-corrected chi connectivity index (χ2v) is 8.99. The normalized spacial score (nSPS) is 21.1. The Kier molecular flexibility index (Phi) is 5.98. The van der Waals surface area contributed by atoms with Crippen molar-refractivity contribution in [3.05, 3.63) is 34.9 Å². The van der Waals surface area contributed by atoms with Crippen molar-refractivity contribution in [3.63, 3.8) is 0 Å². The standard InChI is InChI=1S/C21H28ClN3O3/c1-21(2,3)25-14-16(13-18(25)26)20(28)24-9-5-8-23(10-11-24)19(27)15-6-4-7-17(22)12-15/h4,6-7,12,16H,5,8-11,13-14H2,1-3H3. The lowest BCUT2D eigenvalue weighted by atomic mass is 10.1. The first-order valence-corrected chi connectivity index (χ1v) is 10.2. The fraction of sp³-hybridized carbons (Fsp3) is 0.571. The summed E-state index contributed by atoms with van der Waals surface area (Å²) in [4.78, 5) is 43.4. The lowest BCUT2D eigenvalue weighted by Crippen LogP contribution is -2.44. The van der Waals surface area contributed by atoms with Gasteiger partial charge in [-0.3, -0.25) is 14.4 Å². The van der Waals surface area contributed by atoms with Crippen LogP contribution in [-0.2, 0) is 9.59 Å². The van der Waals surface area contributed by atoms with Crippen molar-refractivity contribution in [1.29, 1.82) is 0 Å². The minimum absolute atomic E-state index is 0.0251. The Morgan fingerprint density at radius 3 is 2.39 bits per heavy atom. The van der Waals surface area contributed by atoms with E-state index in [2.05, 4.69) is 0 Å². The number of carbonyl (C=O) groups is 3. The highest BCUT2D eigenvalue weighted by atomic mass is 35.5. The highest BCUT2D eigenvalue weighted by Gasteiger charge is 2.41. The Hall–Kier alpha value is -2.08. The van der Waals surface area contributed by atoms with Gasteiger partial charge < -0.3 is 14.7 Å². The predicted molar refractivity (Wildman–Crippen MR) is 108 cm³/mol. The van der Waals surface area contributed by atoms with Crippen molar-refractivity contribution < 1.29 is 14.4 Å². The summed E-state index contributed by atoms with van der Waals surface area (Å²) >= 11 is 6.00. The third-order valence-electron chi connectivity index (χ3n) is 5.45. The maximum atomic E-state index is 13.0. The van der Waals surface area contributed by atoms with E-state index in [1.54, 1.807) is 34.1 Å². The number of nitrogens with zero attached hydrogens (tertiary/aromatic N) is 3. The molecule has 3 amide bonds. The molecule has 2 heterocycles. The number of likely N-dealkylation sites (tertiary alicyclic amines) is 1. The van der Waals surface area contributed by atoms with Crippen LogP contribution in [0.2, 0.25) is 5.02 Å². The largest absolute Gasteiger partial charge is 0.341 e. The number of halogens is 1. The van der Waals surface area contributed by atoms with Crippen LogP contribution in [0.15, 0.2) is 24.3 Å². The minimum Gasteiger partial charge on any atom is -0.341 e. The van der Waals surface area contributed by atoms with E-state index in [1.807, 2.05) is 25.7 Å². The van der Waals surface area contributed by atoms with Gasteiger partial charge in [0.25, 0.3) is 5.91 Å². The molecule has 152 valence electrons. The quantitative estimate of drug-likeness (QED) is 0.760. The van der Waals surface area contributed by atoms with Crippen LogP contribution in [0.4, 0.5) is 0 Å². The molecular weight excluding hydrogens is 378 g/mol. The van der Waals surface area contributed by atoms with Crippen LogP contribution >= 0.6 is 11.6 Å². The molecule has 0 saturated carbocycles. The van der Waals surface area contributed by atoms with Gasteiger partial charge >= 0.3 is 0 Å². The lowest BCUT2D eigenvalue weighted by Gasteiger charge is -2.32. The first kappa shape index (κ1) is 20.6. The fourth-order valence-corrected chi connectivity index (χ4v) is 4.11. The number of hydrogen-bond donors (Lipinski definition) is 0. The number of benzene rings is 1. The fourth-order valence-electron chi connectivity index (χ4n) is 3.92. The van der Waals surface area contributed by atoms with Gasteiger partial charge in [0.15, 0.2) is 0 Å². The van der Waals surface area contributed by atoms with Crippen LogP contribution in [-0.4, -0.2) is 70.7 Å². The van der Waals surface area contributed by atoms with E-state index in [9.17, 15) is 14.4 Å². The van der Waals surface area contributed by atoms with Gasteiger partial charge in [-0.1, -0.05) is 17.7 Å². The molecule has 28 heavy (non-hydrogen) atoms. The number of amides is 3. The molecule has 0 radical (unpaired) electrons.